The molecule has 0 saturated carbocycles. The van der Waals surface area contributed by atoms with E-state index in [-0.39, 0.29) is 28.6 Å². The number of fused-ring (bicyclic) bond motifs is 1. The summed E-state index contributed by atoms with van der Waals surface area (Å²) in [5.41, 5.74) is 3.24. The summed E-state index contributed by atoms with van der Waals surface area (Å²) in [6.45, 7) is 9.01. The molecule has 3 aromatic rings. The van der Waals surface area contributed by atoms with Crippen LogP contribution in [0.15, 0.2) is 43.0 Å². The number of carbonyl (C=O) groups is 1. The summed E-state index contributed by atoms with van der Waals surface area (Å²) in [7, 11) is -13.7. The number of carbonyl (C=O) groups excluding carboxylic acids is 1. The number of phosphoric acid groups is 2. The van der Waals surface area contributed by atoms with Gasteiger partial charge < -0.3 is 39.0 Å². The SMILES string of the molecule is CC(C)(C)[Si](C)(C)O[C@@H]1C(NOP(=O)(O)OC(O)(OCCC#N)OP(=O)(O)O)CO[C@H]1n1cnc2c(NC(=O)c3ccccc3)ncnc21. The zero-order chi connectivity index (χ0) is 36.3. The summed E-state index contributed by atoms with van der Waals surface area (Å²) in [5.74, 6) is -0.284. The summed E-state index contributed by atoms with van der Waals surface area (Å²) in [5, 5.41) is 21.4. The fourth-order valence-electron chi connectivity index (χ4n) is 4.23. The number of phosphoric ester groups is 2. The Kier molecular flexibility index (Phi) is 11.9. The zero-order valence-corrected chi connectivity index (χ0v) is 29.8. The van der Waals surface area contributed by atoms with Crippen LogP contribution in [0.2, 0.25) is 18.1 Å². The van der Waals surface area contributed by atoms with E-state index in [1.54, 1.807) is 41.0 Å². The van der Waals surface area contributed by atoms with Crippen molar-refractivity contribution in [2.75, 3.05) is 18.5 Å². The van der Waals surface area contributed by atoms with Gasteiger partial charge in [0.15, 0.2) is 31.5 Å². The third-order valence-corrected chi connectivity index (χ3v) is 13.3. The molecule has 1 aromatic carbocycles. The van der Waals surface area contributed by atoms with E-state index in [9.17, 15) is 23.9 Å². The minimum atomic E-state index is -5.56. The van der Waals surface area contributed by atoms with Gasteiger partial charge in [-0.25, -0.2) is 33.1 Å². The van der Waals surface area contributed by atoms with Gasteiger partial charge >= 0.3 is 21.8 Å². The molecule has 1 aliphatic rings. The van der Waals surface area contributed by atoms with Crippen LogP contribution in [-0.2, 0) is 36.7 Å². The van der Waals surface area contributed by atoms with E-state index in [2.05, 4.69) is 39.5 Å². The van der Waals surface area contributed by atoms with Crippen LogP contribution in [0.3, 0.4) is 0 Å². The number of hydroxylamine groups is 1. The smallest absolute Gasteiger partial charge is 0.408 e. The van der Waals surface area contributed by atoms with Crippen molar-refractivity contribution in [2.24, 2.45) is 0 Å². The second-order valence-electron chi connectivity index (χ2n) is 12.2. The lowest BCUT2D eigenvalue weighted by atomic mass is 10.2. The molecule has 2 aromatic heterocycles. The maximum atomic E-state index is 12.8. The lowest BCUT2D eigenvalue weighted by molar-refractivity contribution is -0.430. The van der Waals surface area contributed by atoms with Crippen molar-refractivity contribution in [1.82, 2.24) is 25.0 Å². The second kappa shape index (κ2) is 15.1. The quantitative estimate of drug-likeness (QED) is 0.0429. The average molecular weight is 746 g/mol. The molecule has 4 rings (SSSR count). The second-order valence-corrected chi connectivity index (χ2v) is 19.4. The highest BCUT2D eigenvalue weighted by atomic mass is 31.2. The van der Waals surface area contributed by atoms with Gasteiger partial charge in [0.25, 0.3) is 5.91 Å². The number of anilines is 1. The molecular formula is C26H37N7O13P2Si. The van der Waals surface area contributed by atoms with Gasteiger partial charge in [0, 0.05) is 5.56 Å². The van der Waals surface area contributed by atoms with Crippen molar-refractivity contribution in [2.45, 2.75) is 69.9 Å². The minimum Gasteiger partial charge on any atom is -0.408 e. The number of amides is 1. The van der Waals surface area contributed by atoms with Gasteiger partial charge in [-0.05, 0) is 30.3 Å². The first-order valence-corrected chi connectivity index (χ1v) is 20.5. The number of nitriles is 1. The highest BCUT2D eigenvalue weighted by Gasteiger charge is 2.50. The van der Waals surface area contributed by atoms with Crippen LogP contribution in [0.25, 0.3) is 11.2 Å². The van der Waals surface area contributed by atoms with Gasteiger partial charge in [-0.3, -0.25) is 9.36 Å². The fraction of sp³-hybridized carbons (Fsp3) is 0.500. The van der Waals surface area contributed by atoms with Gasteiger partial charge in [0.1, 0.15) is 12.4 Å². The van der Waals surface area contributed by atoms with Gasteiger partial charge in [-0.2, -0.15) is 15.4 Å². The van der Waals surface area contributed by atoms with E-state index < -0.39 is 67.4 Å². The van der Waals surface area contributed by atoms with Crippen LogP contribution in [0.4, 0.5) is 5.82 Å². The molecule has 3 heterocycles. The molecule has 3 unspecified atom stereocenters. The van der Waals surface area contributed by atoms with Gasteiger partial charge in [0.2, 0.25) is 0 Å². The molecule has 49 heavy (non-hydrogen) atoms. The summed E-state index contributed by atoms with van der Waals surface area (Å²) < 4.78 is 56.4. The van der Waals surface area contributed by atoms with E-state index >= 15 is 0 Å². The Morgan fingerprint density at radius 3 is 2.47 bits per heavy atom. The van der Waals surface area contributed by atoms with E-state index in [0.717, 1.165) is 0 Å². The number of aliphatic hydroxyl groups is 1. The highest BCUT2D eigenvalue weighted by molar-refractivity contribution is 7.47. The molecule has 1 aliphatic heterocycles. The van der Waals surface area contributed by atoms with Crippen molar-refractivity contribution < 1.29 is 61.3 Å². The third-order valence-electron chi connectivity index (χ3n) is 7.54. The molecule has 23 heteroatoms. The largest absolute Gasteiger partial charge is 0.495 e. The zero-order valence-electron chi connectivity index (χ0n) is 27.0. The van der Waals surface area contributed by atoms with Gasteiger partial charge in [0.05, 0.1) is 38.1 Å². The Hall–Kier alpha value is -3.03. The van der Waals surface area contributed by atoms with Crippen molar-refractivity contribution in [3.05, 3.63) is 48.5 Å². The predicted molar refractivity (Wildman–Crippen MR) is 170 cm³/mol. The number of ether oxygens (including phenoxy) is 2. The number of nitrogens with one attached hydrogen (secondary N) is 2. The Morgan fingerprint density at radius 2 is 1.84 bits per heavy atom. The first-order chi connectivity index (χ1) is 22.7. The van der Waals surface area contributed by atoms with Crippen LogP contribution >= 0.6 is 15.6 Å². The first-order valence-electron chi connectivity index (χ1n) is 14.5. The van der Waals surface area contributed by atoms with E-state index in [1.807, 2.05) is 33.9 Å². The molecule has 5 atom stereocenters. The van der Waals surface area contributed by atoms with Gasteiger partial charge in [-0.1, -0.05) is 39.0 Å². The molecule has 6 N–H and O–H groups in total. The minimum absolute atomic E-state index is 0.135. The standard InChI is InChI=1S/C26H37N7O13P2Si/c1-25(2,3)49(4,5)43-20-18(32-46-48(39,40)45-26(35,42-13-9-12-27)44-47(36,37)38)14-41-24(20)33-16-30-19-21(28-15-29-22(19)33)31-23(34)17-10-7-6-8-11-17/h6-8,10-11,15-16,18,20,24,32,35H,9,13-14H2,1-5H3,(H,39,40)(H2,36,37,38)(H,28,29,31,34)/t18?,20-,24-,26?/m1/s1. The lowest BCUT2D eigenvalue weighted by Gasteiger charge is -2.40. The van der Waals surface area contributed by atoms with Gasteiger partial charge in [-0.15, -0.1) is 0 Å². The Labute approximate surface area is 281 Å². The van der Waals surface area contributed by atoms with Crippen LogP contribution in [-0.4, -0.2) is 85.0 Å². The molecule has 1 saturated heterocycles. The number of rotatable bonds is 15. The number of hydrogen-bond donors (Lipinski definition) is 6. The highest BCUT2D eigenvalue weighted by Crippen LogP contribution is 2.51. The lowest BCUT2D eigenvalue weighted by Crippen LogP contribution is -2.51. The Bertz CT molecular complexity index is 1760. The number of aromatic nitrogens is 4. The Balaban J connectivity index is 1.59. The molecule has 1 fully saturated rings. The van der Waals surface area contributed by atoms with Crippen LogP contribution in [0, 0.1) is 11.3 Å². The normalized spacial score (nSPS) is 21.2. The van der Waals surface area contributed by atoms with E-state index in [1.165, 1.54) is 12.7 Å². The molecule has 20 nitrogen and oxygen atoms in total. The summed E-state index contributed by atoms with van der Waals surface area (Å²) >= 11 is 0. The third kappa shape index (κ3) is 10.0. The molecule has 0 aliphatic carbocycles. The first kappa shape index (κ1) is 38.8. The van der Waals surface area contributed by atoms with Crippen molar-refractivity contribution in [1.29, 1.82) is 5.26 Å². The van der Waals surface area contributed by atoms with Crippen molar-refractivity contribution in [3.8, 4) is 6.07 Å². The summed E-state index contributed by atoms with van der Waals surface area (Å²) in [4.78, 5) is 54.4. The predicted octanol–water partition coefficient (Wildman–Crippen LogP) is 2.65. The van der Waals surface area contributed by atoms with Crippen molar-refractivity contribution >= 4 is 46.9 Å². The van der Waals surface area contributed by atoms with Crippen LogP contribution in [0.1, 0.15) is 43.8 Å². The molecule has 268 valence electrons. The molecule has 0 spiro atoms. The molecule has 1 amide bonds. The summed E-state index contributed by atoms with van der Waals surface area (Å²) in [6, 6.07) is 9.12. The number of benzene rings is 1. The van der Waals surface area contributed by atoms with Crippen LogP contribution in [0.5, 0.6) is 0 Å². The fourth-order valence-corrected chi connectivity index (χ4v) is 6.68. The number of imidazole rings is 1. The average Bonchev–Trinajstić information content (AvgIpc) is 3.58. The van der Waals surface area contributed by atoms with Crippen LogP contribution < -0.4 is 10.8 Å². The number of hydrogen-bond acceptors (Lipinski definition) is 15. The molecule has 0 radical (unpaired) electrons. The van der Waals surface area contributed by atoms with E-state index in [0.29, 0.717) is 5.56 Å². The maximum Gasteiger partial charge on any atom is 0.495 e. The monoisotopic (exact) mass is 745 g/mol. The number of nitrogens with zero attached hydrogens (tertiary/aromatic N) is 5. The Morgan fingerprint density at radius 1 is 1.14 bits per heavy atom. The molecular weight excluding hydrogens is 708 g/mol. The maximum absolute atomic E-state index is 12.8. The van der Waals surface area contributed by atoms with Crippen molar-refractivity contribution in [3.63, 3.8) is 0 Å². The molecule has 0 bridgehead atoms. The topological polar surface area (TPSA) is 279 Å². The van der Waals surface area contributed by atoms with E-state index in [4.69, 9.17) is 28.8 Å². The summed E-state index contributed by atoms with van der Waals surface area (Å²) in [6.07, 6.45) is -3.46.